The lowest BCUT2D eigenvalue weighted by Gasteiger charge is -2.39. The fourth-order valence-electron chi connectivity index (χ4n) is 4.88. The molecule has 2 aromatic rings. The second-order valence-electron chi connectivity index (χ2n) is 9.38. The number of hydrogen-bond donors (Lipinski definition) is 1. The second kappa shape index (κ2) is 10.9. The van der Waals surface area contributed by atoms with Crippen LogP contribution in [0.5, 0.6) is 5.75 Å². The summed E-state index contributed by atoms with van der Waals surface area (Å²) in [5, 5.41) is 3.00. The highest BCUT2D eigenvalue weighted by molar-refractivity contribution is 5.92. The van der Waals surface area contributed by atoms with Crippen molar-refractivity contribution in [2.24, 2.45) is 5.92 Å². The van der Waals surface area contributed by atoms with Gasteiger partial charge >= 0.3 is 0 Å². The van der Waals surface area contributed by atoms with Gasteiger partial charge in [-0.05, 0) is 75.2 Å². The number of amides is 2. The number of nitrogens with zero attached hydrogens (tertiary/aromatic N) is 3. The quantitative estimate of drug-likeness (QED) is 0.711. The average molecular weight is 465 g/mol. The van der Waals surface area contributed by atoms with E-state index < -0.39 is 0 Å². The summed E-state index contributed by atoms with van der Waals surface area (Å²) in [7, 11) is 1.69. The van der Waals surface area contributed by atoms with Crippen molar-refractivity contribution in [3.8, 4) is 5.75 Å². The molecule has 2 aromatic carbocycles. The Balaban J connectivity index is 1.21. The number of carbonyl (C=O) groups is 2. The lowest BCUT2D eigenvalue weighted by Crippen LogP contribution is -2.52. The zero-order chi connectivity index (χ0) is 24.1. The van der Waals surface area contributed by atoms with Crippen LogP contribution in [0.4, 0.5) is 11.4 Å². The molecular formula is C27H36N4O3. The summed E-state index contributed by atoms with van der Waals surface area (Å²) in [6.07, 6.45) is 1.62. The van der Waals surface area contributed by atoms with Crippen LogP contribution >= 0.6 is 0 Å². The van der Waals surface area contributed by atoms with Crippen molar-refractivity contribution in [3.05, 3.63) is 53.6 Å². The van der Waals surface area contributed by atoms with Gasteiger partial charge in [-0.25, -0.2) is 0 Å². The Labute approximate surface area is 202 Å². The number of anilines is 2. The summed E-state index contributed by atoms with van der Waals surface area (Å²) in [6, 6.07) is 14.0. The molecule has 0 aliphatic carbocycles. The van der Waals surface area contributed by atoms with E-state index in [9.17, 15) is 9.59 Å². The number of methoxy groups -OCH3 is 1. The van der Waals surface area contributed by atoms with Crippen LogP contribution in [0.25, 0.3) is 0 Å². The SMILES string of the molecule is COc1ccccc1N1CCN(C(=O)C2CCN(CC(=O)Nc3ccc(C)c(C)c3)CC2)CC1. The number of para-hydroxylation sites is 2. The van der Waals surface area contributed by atoms with Gasteiger partial charge in [-0.15, -0.1) is 0 Å². The number of nitrogens with one attached hydrogen (secondary N) is 1. The molecule has 0 bridgehead atoms. The first-order valence-electron chi connectivity index (χ1n) is 12.2. The molecule has 0 radical (unpaired) electrons. The summed E-state index contributed by atoms with van der Waals surface area (Å²) in [5.41, 5.74) is 4.31. The molecule has 2 aliphatic heterocycles. The smallest absolute Gasteiger partial charge is 0.238 e. The van der Waals surface area contributed by atoms with Crippen molar-refractivity contribution in [3.63, 3.8) is 0 Å². The van der Waals surface area contributed by atoms with Crippen LogP contribution in [-0.2, 0) is 9.59 Å². The van der Waals surface area contributed by atoms with Crippen LogP contribution in [-0.4, -0.2) is 74.5 Å². The predicted octanol–water partition coefficient (Wildman–Crippen LogP) is 3.31. The van der Waals surface area contributed by atoms with Crippen molar-refractivity contribution in [1.82, 2.24) is 9.80 Å². The fourth-order valence-corrected chi connectivity index (χ4v) is 4.88. The van der Waals surface area contributed by atoms with Gasteiger partial charge in [-0.1, -0.05) is 18.2 Å². The molecule has 2 saturated heterocycles. The third kappa shape index (κ3) is 5.70. The number of ether oxygens (including phenoxy) is 1. The van der Waals surface area contributed by atoms with Crippen molar-refractivity contribution in [2.45, 2.75) is 26.7 Å². The number of aryl methyl sites for hydroxylation is 2. The largest absolute Gasteiger partial charge is 0.495 e. The van der Waals surface area contributed by atoms with Crippen LogP contribution in [0.3, 0.4) is 0 Å². The van der Waals surface area contributed by atoms with E-state index in [-0.39, 0.29) is 17.7 Å². The Morgan fingerprint density at radius 2 is 1.65 bits per heavy atom. The summed E-state index contributed by atoms with van der Waals surface area (Å²) >= 11 is 0. The lowest BCUT2D eigenvalue weighted by atomic mass is 9.95. The zero-order valence-electron chi connectivity index (χ0n) is 20.5. The van der Waals surface area contributed by atoms with E-state index in [1.54, 1.807) is 7.11 Å². The Bertz CT molecular complexity index is 1010. The molecular weight excluding hydrogens is 428 g/mol. The summed E-state index contributed by atoms with van der Waals surface area (Å²) < 4.78 is 5.49. The van der Waals surface area contributed by atoms with Gasteiger partial charge < -0.3 is 19.9 Å². The normalized spacial score (nSPS) is 17.5. The molecule has 0 spiro atoms. The molecule has 182 valence electrons. The number of piperazine rings is 1. The molecule has 2 amide bonds. The molecule has 0 saturated carbocycles. The minimum Gasteiger partial charge on any atom is -0.495 e. The Hall–Kier alpha value is -3.06. The van der Waals surface area contributed by atoms with E-state index in [0.29, 0.717) is 6.54 Å². The highest BCUT2D eigenvalue weighted by Gasteiger charge is 2.31. The Morgan fingerprint density at radius 1 is 0.941 bits per heavy atom. The van der Waals surface area contributed by atoms with Crippen LogP contribution in [0, 0.1) is 19.8 Å². The predicted molar refractivity (Wildman–Crippen MR) is 135 cm³/mol. The van der Waals surface area contributed by atoms with E-state index in [1.165, 1.54) is 11.1 Å². The minimum absolute atomic E-state index is 0.000455. The first-order chi connectivity index (χ1) is 16.4. The van der Waals surface area contributed by atoms with Gasteiger partial charge in [-0.3, -0.25) is 14.5 Å². The van der Waals surface area contributed by atoms with E-state index in [0.717, 1.165) is 69.2 Å². The number of carbonyl (C=O) groups excluding carboxylic acids is 2. The zero-order valence-corrected chi connectivity index (χ0v) is 20.5. The number of benzene rings is 2. The van der Waals surface area contributed by atoms with Crippen molar-refractivity contribution >= 4 is 23.2 Å². The Kier molecular flexibility index (Phi) is 7.73. The highest BCUT2D eigenvalue weighted by atomic mass is 16.5. The van der Waals surface area contributed by atoms with E-state index in [2.05, 4.69) is 28.1 Å². The van der Waals surface area contributed by atoms with Crippen LogP contribution in [0.1, 0.15) is 24.0 Å². The minimum atomic E-state index is 0.000455. The lowest BCUT2D eigenvalue weighted by molar-refractivity contribution is -0.137. The van der Waals surface area contributed by atoms with Gasteiger partial charge in [0.2, 0.25) is 11.8 Å². The Morgan fingerprint density at radius 3 is 2.32 bits per heavy atom. The molecule has 2 aliphatic rings. The van der Waals surface area contributed by atoms with Crippen LogP contribution < -0.4 is 15.0 Å². The fraction of sp³-hybridized carbons (Fsp3) is 0.481. The maximum absolute atomic E-state index is 13.1. The standard InChI is InChI=1S/C27H36N4O3/c1-20-8-9-23(18-21(20)2)28-26(32)19-29-12-10-22(11-13-29)27(33)31-16-14-30(15-17-31)24-6-4-5-7-25(24)34-3/h4-9,18,22H,10-17,19H2,1-3H3,(H,28,32). The molecule has 1 N–H and O–H groups in total. The van der Waals surface area contributed by atoms with Gasteiger partial charge in [0.15, 0.2) is 0 Å². The van der Waals surface area contributed by atoms with E-state index >= 15 is 0 Å². The number of piperidine rings is 1. The summed E-state index contributed by atoms with van der Waals surface area (Å²) in [5.74, 6) is 1.19. The molecule has 7 nitrogen and oxygen atoms in total. The molecule has 2 fully saturated rings. The van der Waals surface area contributed by atoms with Crippen molar-refractivity contribution in [1.29, 1.82) is 0 Å². The van der Waals surface area contributed by atoms with Crippen molar-refractivity contribution < 1.29 is 14.3 Å². The van der Waals surface area contributed by atoms with E-state index in [4.69, 9.17) is 4.74 Å². The monoisotopic (exact) mass is 464 g/mol. The van der Waals surface area contributed by atoms with Crippen LogP contribution in [0.15, 0.2) is 42.5 Å². The first-order valence-corrected chi connectivity index (χ1v) is 12.2. The summed E-state index contributed by atoms with van der Waals surface area (Å²) in [6.45, 7) is 9.11. The highest BCUT2D eigenvalue weighted by Crippen LogP contribution is 2.29. The average Bonchev–Trinajstić information content (AvgIpc) is 2.86. The molecule has 0 unspecified atom stereocenters. The van der Waals surface area contributed by atoms with Gasteiger partial charge in [0.05, 0.1) is 19.3 Å². The van der Waals surface area contributed by atoms with Crippen LogP contribution in [0.2, 0.25) is 0 Å². The topological polar surface area (TPSA) is 65.1 Å². The number of likely N-dealkylation sites (tertiary alicyclic amines) is 1. The second-order valence-corrected chi connectivity index (χ2v) is 9.38. The molecule has 7 heteroatoms. The third-order valence-electron chi connectivity index (χ3n) is 7.11. The molecule has 0 aromatic heterocycles. The van der Waals surface area contributed by atoms with Gasteiger partial charge in [0.25, 0.3) is 0 Å². The first kappa shape index (κ1) is 24.1. The maximum Gasteiger partial charge on any atom is 0.238 e. The molecule has 0 atom stereocenters. The van der Waals surface area contributed by atoms with Crippen molar-refractivity contribution in [2.75, 3.05) is 63.1 Å². The van der Waals surface area contributed by atoms with E-state index in [1.807, 2.05) is 48.2 Å². The molecule has 2 heterocycles. The maximum atomic E-state index is 13.1. The van der Waals surface area contributed by atoms with Gasteiger partial charge in [0, 0.05) is 37.8 Å². The third-order valence-corrected chi connectivity index (χ3v) is 7.11. The number of rotatable bonds is 6. The molecule has 4 rings (SSSR count). The molecule has 34 heavy (non-hydrogen) atoms. The van der Waals surface area contributed by atoms with Gasteiger partial charge in [-0.2, -0.15) is 0 Å². The van der Waals surface area contributed by atoms with Gasteiger partial charge in [0.1, 0.15) is 5.75 Å². The number of hydrogen-bond acceptors (Lipinski definition) is 5. The summed E-state index contributed by atoms with van der Waals surface area (Å²) in [4.78, 5) is 32.1.